The zero-order chi connectivity index (χ0) is 15.2. The zero-order valence-electron chi connectivity index (χ0n) is 14.5. The van der Waals surface area contributed by atoms with Gasteiger partial charge in [-0.15, -0.1) is 12.4 Å². The molecule has 1 N–H and O–H groups in total. The van der Waals surface area contributed by atoms with Gasteiger partial charge in [0.25, 0.3) is 0 Å². The van der Waals surface area contributed by atoms with Crippen molar-refractivity contribution >= 4 is 18.3 Å². The molecule has 0 spiro atoms. The third-order valence-electron chi connectivity index (χ3n) is 5.89. The highest BCUT2D eigenvalue weighted by atomic mass is 35.5. The van der Waals surface area contributed by atoms with Gasteiger partial charge in [0.15, 0.2) is 0 Å². The van der Waals surface area contributed by atoms with E-state index in [2.05, 4.69) is 15.1 Å². The third kappa shape index (κ3) is 5.91. The molecule has 0 aromatic rings. The number of hydrogen-bond acceptors (Lipinski definition) is 3. The van der Waals surface area contributed by atoms with Gasteiger partial charge in [-0.25, -0.2) is 0 Å². The molecule has 134 valence electrons. The number of carbonyl (C=O) groups is 1. The Morgan fingerprint density at radius 2 is 1.52 bits per heavy atom. The van der Waals surface area contributed by atoms with E-state index in [1.165, 1.54) is 64.6 Å². The summed E-state index contributed by atoms with van der Waals surface area (Å²) in [5.74, 6) is 1.97. The van der Waals surface area contributed by atoms with Crippen LogP contribution in [0.25, 0.3) is 0 Å². The fraction of sp³-hybridized carbons (Fsp3) is 0.944. The van der Waals surface area contributed by atoms with E-state index >= 15 is 0 Å². The molecule has 0 unspecified atom stereocenters. The normalized spacial score (nSPS) is 25.1. The first kappa shape index (κ1) is 19.0. The van der Waals surface area contributed by atoms with Crippen LogP contribution in [0.1, 0.15) is 51.4 Å². The molecule has 23 heavy (non-hydrogen) atoms. The molecule has 0 radical (unpaired) electrons. The highest BCUT2D eigenvalue weighted by Crippen LogP contribution is 2.27. The minimum Gasteiger partial charge on any atom is -0.340 e. The number of nitrogens with one attached hydrogen (secondary N) is 1. The number of halogens is 1. The van der Waals surface area contributed by atoms with Crippen molar-refractivity contribution < 1.29 is 4.79 Å². The monoisotopic (exact) mass is 343 g/mol. The van der Waals surface area contributed by atoms with Crippen LogP contribution in [0, 0.1) is 11.8 Å². The van der Waals surface area contributed by atoms with E-state index in [1.807, 2.05) is 0 Å². The maximum atomic E-state index is 12.5. The minimum atomic E-state index is 0. The van der Waals surface area contributed by atoms with Crippen molar-refractivity contribution in [3.8, 4) is 0 Å². The molecule has 3 aliphatic rings. The van der Waals surface area contributed by atoms with Gasteiger partial charge in [-0.1, -0.05) is 19.3 Å². The molecular formula is C18H34ClN3O. The molecule has 2 saturated heterocycles. The topological polar surface area (TPSA) is 35.6 Å². The largest absolute Gasteiger partial charge is 0.340 e. The summed E-state index contributed by atoms with van der Waals surface area (Å²) < 4.78 is 0. The van der Waals surface area contributed by atoms with Crippen LogP contribution < -0.4 is 5.32 Å². The number of amides is 1. The van der Waals surface area contributed by atoms with Gasteiger partial charge in [-0.3, -0.25) is 9.69 Å². The van der Waals surface area contributed by atoms with E-state index < -0.39 is 0 Å². The van der Waals surface area contributed by atoms with Crippen LogP contribution in [-0.2, 0) is 4.79 Å². The molecule has 2 heterocycles. The third-order valence-corrected chi connectivity index (χ3v) is 5.89. The second-order valence-electron chi connectivity index (χ2n) is 7.58. The lowest BCUT2D eigenvalue weighted by Crippen LogP contribution is -2.50. The lowest BCUT2D eigenvalue weighted by Gasteiger charge is -2.38. The molecule has 1 saturated carbocycles. The Morgan fingerprint density at radius 3 is 2.17 bits per heavy atom. The van der Waals surface area contributed by atoms with Crippen LogP contribution >= 0.6 is 12.4 Å². The van der Waals surface area contributed by atoms with Gasteiger partial charge in [-0.2, -0.15) is 0 Å². The molecule has 0 aromatic carbocycles. The molecule has 4 nitrogen and oxygen atoms in total. The Morgan fingerprint density at radius 1 is 0.870 bits per heavy atom. The van der Waals surface area contributed by atoms with Crippen LogP contribution in [0.3, 0.4) is 0 Å². The highest BCUT2D eigenvalue weighted by molar-refractivity contribution is 5.85. The van der Waals surface area contributed by atoms with E-state index in [4.69, 9.17) is 0 Å². The molecule has 3 fully saturated rings. The van der Waals surface area contributed by atoms with E-state index in [9.17, 15) is 4.79 Å². The molecule has 2 aliphatic heterocycles. The zero-order valence-corrected chi connectivity index (χ0v) is 15.3. The fourth-order valence-corrected chi connectivity index (χ4v) is 4.38. The molecule has 1 amide bonds. The number of piperidine rings is 1. The van der Waals surface area contributed by atoms with Crippen LogP contribution in [0.15, 0.2) is 0 Å². The average Bonchev–Trinajstić information content (AvgIpc) is 2.57. The van der Waals surface area contributed by atoms with Crippen molar-refractivity contribution in [2.45, 2.75) is 51.4 Å². The second-order valence-corrected chi connectivity index (χ2v) is 7.58. The molecule has 5 heteroatoms. The van der Waals surface area contributed by atoms with Crippen molar-refractivity contribution in [2.24, 2.45) is 11.8 Å². The van der Waals surface area contributed by atoms with Gasteiger partial charge in [0.1, 0.15) is 0 Å². The molecular weight excluding hydrogens is 310 g/mol. The summed E-state index contributed by atoms with van der Waals surface area (Å²) in [6.45, 7) is 7.69. The maximum Gasteiger partial charge on any atom is 0.222 e. The first-order valence-electron chi connectivity index (χ1n) is 9.52. The Bertz CT molecular complexity index is 346. The van der Waals surface area contributed by atoms with E-state index in [1.54, 1.807) is 0 Å². The van der Waals surface area contributed by atoms with Gasteiger partial charge in [0, 0.05) is 39.1 Å². The molecule has 0 bridgehead atoms. The Kier molecular flexibility index (Phi) is 8.14. The maximum absolute atomic E-state index is 12.5. The summed E-state index contributed by atoms with van der Waals surface area (Å²) in [5, 5.41) is 3.44. The van der Waals surface area contributed by atoms with Gasteiger partial charge in [-0.05, 0) is 50.6 Å². The van der Waals surface area contributed by atoms with Gasteiger partial charge in [0.2, 0.25) is 5.91 Å². The summed E-state index contributed by atoms with van der Waals surface area (Å²) in [5.41, 5.74) is 0. The van der Waals surface area contributed by atoms with Gasteiger partial charge < -0.3 is 10.2 Å². The minimum absolute atomic E-state index is 0. The average molecular weight is 344 g/mol. The Labute approximate surface area is 147 Å². The molecule has 1 aliphatic carbocycles. The van der Waals surface area contributed by atoms with E-state index in [-0.39, 0.29) is 12.4 Å². The number of rotatable bonds is 4. The summed E-state index contributed by atoms with van der Waals surface area (Å²) >= 11 is 0. The van der Waals surface area contributed by atoms with Crippen LogP contribution in [-0.4, -0.2) is 61.5 Å². The lowest BCUT2D eigenvalue weighted by molar-refractivity contribution is -0.134. The molecule has 0 atom stereocenters. The van der Waals surface area contributed by atoms with Gasteiger partial charge >= 0.3 is 0 Å². The first-order chi connectivity index (χ1) is 10.8. The summed E-state index contributed by atoms with van der Waals surface area (Å²) in [4.78, 5) is 17.2. The van der Waals surface area contributed by atoms with Gasteiger partial charge in [0.05, 0.1) is 0 Å². The summed E-state index contributed by atoms with van der Waals surface area (Å²) in [6, 6.07) is 0. The van der Waals surface area contributed by atoms with Crippen LogP contribution in [0.4, 0.5) is 0 Å². The van der Waals surface area contributed by atoms with Crippen molar-refractivity contribution in [1.82, 2.24) is 15.1 Å². The number of nitrogens with zero attached hydrogens (tertiary/aromatic N) is 2. The Hall–Kier alpha value is -0.320. The number of hydrogen-bond donors (Lipinski definition) is 1. The van der Waals surface area contributed by atoms with Crippen molar-refractivity contribution in [3.63, 3.8) is 0 Å². The lowest BCUT2D eigenvalue weighted by atomic mass is 9.86. The standard InChI is InChI=1S/C18H33N3O.ClH/c22-18(14-16-4-2-1-3-5-16)21-12-10-20(11-13-21)15-17-6-8-19-9-7-17;/h16-17,19H,1-15H2;1H. The predicted molar refractivity (Wildman–Crippen MR) is 97.1 cm³/mol. The predicted octanol–water partition coefficient (Wildman–Crippen LogP) is 2.52. The number of piperazine rings is 1. The summed E-state index contributed by atoms with van der Waals surface area (Å²) in [6.07, 6.45) is 10.1. The van der Waals surface area contributed by atoms with E-state index in [0.717, 1.165) is 38.5 Å². The van der Waals surface area contributed by atoms with Crippen molar-refractivity contribution in [1.29, 1.82) is 0 Å². The molecule has 3 rings (SSSR count). The fourth-order valence-electron chi connectivity index (χ4n) is 4.38. The quantitative estimate of drug-likeness (QED) is 0.852. The van der Waals surface area contributed by atoms with E-state index in [0.29, 0.717) is 11.8 Å². The first-order valence-corrected chi connectivity index (χ1v) is 9.52. The highest BCUT2D eigenvalue weighted by Gasteiger charge is 2.25. The Balaban J connectivity index is 0.00000192. The number of carbonyl (C=O) groups excluding carboxylic acids is 1. The van der Waals surface area contributed by atoms with Crippen molar-refractivity contribution in [3.05, 3.63) is 0 Å². The smallest absolute Gasteiger partial charge is 0.222 e. The van der Waals surface area contributed by atoms with Crippen LogP contribution in [0.2, 0.25) is 0 Å². The van der Waals surface area contributed by atoms with Crippen molar-refractivity contribution in [2.75, 3.05) is 45.8 Å². The van der Waals surface area contributed by atoms with Crippen LogP contribution in [0.5, 0.6) is 0 Å². The SMILES string of the molecule is Cl.O=C(CC1CCCCC1)N1CCN(CC2CCNCC2)CC1. The molecule has 0 aromatic heterocycles. The summed E-state index contributed by atoms with van der Waals surface area (Å²) in [7, 11) is 0. The second kappa shape index (κ2) is 9.85.